The minimum absolute atomic E-state index is 0.502. The second-order valence-corrected chi connectivity index (χ2v) is 4.40. The summed E-state index contributed by atoms with van der Waals surface area (Å²) in [6.45, 7) is 1.77. The van der Waals surface area contributed by atoms with Crippen LogP contribution >= 0.6 is 0 Å². The van der Waals surface area contributed by atoms with E-state index >= 15 is 0 Å². The van der Waals surface area contributed by atoms with Crippen molar-refractivity contribution in [2.45, 2.75) is 6.92 Å². The zero-order valence-corrected chi connectivity index (χ0v) is 11.3. The monoisotopic (exact) mass is 266 g/mol. The van der Waals surface area contributed by atoms with Crippen LogP contribution in [-0.2, 0) is 0 Å². The second-order valence-electron chi connectivity index (χ2n) is 4.40. The van der Waals surface area contributed by atoms with Gasteiger partial charge in [0.2, 0.25) is 11.8 Å². The van der Waals surface area contributed by atoms with Crippen molar-refractivity contribution in [2.75, 3.05) is 7.11 Å². The molecule has 0 aliphatic carbocycles. The van der Waals surface area contributed by atoms with Gasteiger partial charge in [0.15, 0.2) is 0 Å². The summed E-state index contributed by atoms with van der Waals surface area (Å²) in [6, 6.07) is 12.1. The van der Waals surface area contributed by atoms with E-state index in [9.17, 15) is 0 Å². The number of hydrogen-bond acceptors (Lipinski definition) is 4. The van der Waals surface area contributed by atoms with E-state index in [1.807, 2.05) is 42.5 Å². The van der Waals surface area contributed by atoms with Crippen LogP contribution in [0.3, 0.4) is 0 Å². The van der Waals surface area contributed by atoms with Crippen LogP contribution in [0.25, 0.3) is 22.9 Å². The fraction of sp³-hybridized carbons (Fsp3) is 0.125. The molecule has 0 aliphatic heterocycles. The fourth-order valence-corrected chi connectivity index (χ4v) is 2.16. The molecule has 0 saturated heterocycles. The molecule has 0 radical (unpaired) electrons. The third kappa shape index (κ3) is 2.28. The molecule has 0 atom stereocenters. The third-order valence-electron chi connectivity index (χ3n) is 3.08. The molecule has 2 aromatic carbocycles. The maximum Gasteiger partial charge on any atom is 0.240 e. The number of nitrogens with zero attached hydrogens (tertiary/aromatic N) is 2. The lowest BCUT2D eigenvalue weighted by atomic mass is 10.0. The van der Waals surface area contributed by atoms with Crippen molar-refractivity contribution in [2.24, 2.45) is 0 Å². The van der Waals surface area contributed by atoms with Crippen LogP contribution < -0.4 is 4.74 Å². The van der Waals surface area contributed by atoms with Gasteiger partial charge >= 0.3 is 0 Å². The van der Waals surface area contributed by atoms with Crippen molar-refractivity contribution in [3.8, 4) is 5.75 Å². The predicted molar refractivity (Wildman–Crippen MR) is 78.5 cm³/mol. The molecule has 4 heteroatoms. The second kappa shape index (κ2) is 5.17. The summed E-state index contributed by atoms with van der Waals surface area (Å²) in [7, 11) is 1.68. The number of aromatic nitrogens is 2. The van der Waals surface area contributed by atoms with Gasteiger partial charge in [0.05, 0.1) is 7.11 Å². The van der Waals surface area contributed by atoms with Gasteiger partial charge in [0.1, 0.15) is 5.75 Å². The fourth-order valence-electron chi connectivity index (χ4n) is 2.16. The van der Waals surface area contributed by atoms with E-state index in [2.05, 4.69) is 16.3 Å². The van der Waals surface area contributed by atoms with Crippen molar-refractivity contribution in [3.63, 3.8) is 0 Å². The molecule has 1 heterocycles. The van der Waals surface area contributed by atoms with Gasteiger partial charge in [-0.3, -0.25) is 0 Å². The Hall–Kier alpha value is -2.62. The Labute approximate surface area is 116 Å². The number of hydrogen-bond donors (Lipinski definition) is 0. The first-order valence-corrected chi connectivity index (χ1v) is 6.32. The molecule has 0 unspecified atom stereocenters. The molecule has 0 N–H and O–H groups in total. The van der Waals surface area contributed by atoms with E-state index in [-0.39, 0.29) is 0 Å². The molecule has 100 valence electrons. The SMILES string of the molecule is COc1ccc(C=Cc2nnc(C)o2)c2ccccc12. The number of fused-ring (bicyclic) bond motifs is 1. The Bertz CT molecular complexity index is 775. The highest BCUT2D eigenvalue weighted by Crippen LogP contribution is 2.29. The van der Waals surface area contributed by atoms with Gasteiger partial charge in [-0.1, -0.05) is 30.3 Å². The summed E-state index contributed by atoms with van der Waals surface area (Å²) in [5, 5.41) is 9.95. The van der Waals surface area contributed by atoms with Crippen molar-refractivity contribution in [3.05, 3.63) is 53.7 Å². The van der Waals surface area contributed by atoms with Crippen LogP contribution in [0, 0.1) is 6.92 Å². The van der Waals surface area contributed by atoms with Gasteiger partial charge in [-0.2, -0.15) is 0 Å². The van der Waals surface area contributed by atoms with Gasteiger partial charge in [0, 0.05) is 18.4 Å². The van der Waals surface area contributed by atoms with E-state index in [0.717, 1.165) is 22.1 Å². The minimum Gasteiger partial charge on any atom is -0.496 e. The molecule has 0 saturated carbocycles. The Kier molecular flexibility index (Phi) is 3.21. The van der Waals surface area contributed by atoms with Gasteiger partial charge in [-0.05, 0) is 23.1 Å². The van der Waals surface area contributed by atoms with Crippen LogP contribution in [0.15, 0.2) is 40.8 Å². The largest absolute Gasteiger partial charge is 0.496 e. The van der Waals surface area contributed by atoms with Gasteiger partial charge in [0.25, 0.3) is 0 Å². The summed E-state index contributed by atoms with van der Waals surface area (Å²) in [5.41, 5.74) is 1.08. The van der Waals surface area contributed by atoms with Crippen molar-refractivity contribution >= 4 is 22.9 Å². The van der Waals surface area contributed by atoms with Crippen LogP contribution in [0.1, 0.15) is 17.3 Å². The standard InChI is InChI=1S/C16H14N2O2/c1-11-17-18-16(20-11)10-8-12-7-9-15(19-2)14-6-4-3-5-13(12)14/h3-10H,1-2H3. The number of benzene rings is 2. The maximum atomic E-state index is 5.38. The predicted octanol–water partition coefficient (Wildman–Crippen LogP) is 3.71. The third-order valence-corrected chi connectivity index (χ3v) is 3.08. The van der Waals surface area contributed by atoms with Crippen molar-refractivity contribution < 1.29 is 9.15 Å². The Balaban J connectivity index is 2.06. The number of rotatable bonds is 3. The lowest BCUT2D eigenvalue weighted by molar-refractivity contribution is 0.420. The summed E-state index contributed by atoms with van der Waals surface area (Å²) < 4.78 is 10.7. The van der Waals surface area contributed by atoms with Crippen LogP contribution in [0.5, 0.6) is 5.75 Å². The average Bonchev–Trinajstić information content (AvgIpc) is 2.90. The van der Waals surface area contributed by atoms with E-state index in [1.165, 1.54) is 0 Å². The van der Waals surface area contributed by atoms with Crippen LogP contribution in [0.2, 0.25) is 0 Å². The zero-order valence-electron chi connectivity index (χ0n) is 11.3. The molecule has 0 fully saturated rings. The van der Waals surface area contributed by atoms with Crippen LogP contribution in [0.4, 0.5) is 0 Å². The molecule has 0 amide bonds. The molecule has 4 nitrogen and oxygen atoms in total. The van der Waals surface area contributed by atoms with Gasteiger partial charge < -0.3 is 9.15 Å². The molecule has 3 rings (SSSR count). The summed E-state index contributed by atoms with van der Waals surface area (Å²) in [6.07, 6.45) is 3.78. The van der Waals surface area contributed by atoms with E-state index < -0.39 is 0 Å². The highest BCUT2D eigenvalue weighted by Gasteiger charge is 2.04. The molecular formula is C16H14N2O2. The first kappa shape index (κ1) is 12.4. The highest BCUT2D eigenvalue weighted by molar-refractivity contribution is 5.96. The Morgan fingerprint density at radius 2 is 1.80 bits per heavy atom. The molecule has 0 bridgehead atoms. The first-order chi connectivity index (χ1) is 9.78. The van der Waals surface area contributed by atoms with E-state index in [0.29, 0.717) is 11.8 Å². The zero-order chi connectivity index (χ0) is 13.9. The summed E-state index contributed by atoms with van der Waals surface area (Å²) in [4.78, 5) is 0. The van der Waals surface area contributed by atoms with E-state index in [4.69, 9.17) is 9.15 Å². The molecule has 20 heavy (non-hydrogen) atoms. The maximum absolute atomic E-state index is 5.38. The van der Waals surface area contributed by atoms with Crippen molar-refractivity contribution in [1.29, 1.82) is 0 Å². The first-order valence-electron chi connectivity index (χ1n) is 6.32. The smallest absolute Gasteiger partial charge is 0.240 e. The Morgan fingerprint density at radius 1 is 1.00 bits per heavy atom. The molecule has 1 aromatic heterocycles. The molecule has 0 aliphatic rings. The molecule has 0 spiro atoms. The lowest BCUT2D eigenvalue weighted by Crippen LogP contribution is -1.86. The lowest BCUT2D eigenvalue weighted by Gasteiger charge is -2.07. The number of aryl methyl sites for hydroxylation is 1. The van der Waals surface area contributed by atoms with E-state index in [1.54, 1.807) is 14.0 Å². The topological polar surface area (TPSA) is 48.2 Å². The Morgan fingerprint density at radius 3 is 2.50 bits per heavy atom. The van der Waals surface area contributed by atoms with Crippen molar-refractivity contribution in [1.82, 2.24) is 10.2 Å². The van der Waals surface area contributed by atoms with Gasteiger partial charge in [-0.15, -0.1) is 10.2 Å². The minimum atomic E-state index is 0.502. The van der Waals surface area contributed by atoms with Crippen LogP contribution in [-0.4, -0.2) is 17.3 Å². The normalized spacial score (nSPS) is 11.3. The summed E-state index contributed by atoms with van der Waals surface area (Å²) >= 11 is 0. The van der Waals surface area contributed by atoms with Gasteiger partial charge in [-0.25, -0.2) is 0 Å². The number of methoxy groups -OCH3 is 1. The molecule has 3 aromatic rings. The quantitative estimate of drug-likeness (QED) is 0.725. The summed E-state index contributed by atoms with van der Waals surface area (Å²) in [5.74, 6) is 1.93. The highest BCUT2D eigenvalue weighted by atomic mass is 16.5. The number of ether oxygens (including phenoxy) is 1. The average molecular weight is 266 g/mol. The molecular weight excluding hydrogens is 252 g/mol.